The Kier molecular flexibility index (Phi) is 4.08. The van der Waals surface area contributed by atoms with Crippen molar-refractivity contribution in [1.29, 1.82) is 0 Å². The minimum Gasteiger partial charge on any atom is -0.389 e. The Hall–Kier alpha value is -1.99. The zero-order chi connectivity index (χ0) is 15.6. The second kappa shape index (κ2) is 6.02. The molecule has 0 unspecified atom stereocenters. The van der Waals surface area contributed by atoms with Gasteiger partial charge in [0.2, 0.25) is 5.95 Å². The van der Waals surface area contributed by atoms with Crippen LogP contribution in [0.1, 0.15) is 13.8 Å². The average molecular weight is 302 g/mol. The highest BCUT2D eigenvalue weighted by Crippen LogP contribution is 2.17. The minimum absolute atomic E-state index is 0.659. The van der Waals surface area contributed by atoms with Gasteiger partial charge in [0.05, 0.1) is 11.3 Å². The van der Waals surface area contributed by atoms with Crippen LogP contribution < -0.4 is 4.90 Å². The summed E-state index contributed by atoms with van der Waals surface area (Å²) in [5.74, 6) is 0.772. The molecule has 1 fully saturated rings. The molecule has 3 rings (SSSR count). The molecule has 0 spiro atoms. The number of benzene rings is 1. The molecule has 7 nitrogen and oxygen atoms in total. The van der Waals surface area contributed by atoms with E-state index < -0.39 is 5.60 Å². The third kappa shape index (κ3) is 3.42. The lowest BCUT2D eigenvalue weighted by molar-refractivity contribution is 0.0344. The molecule has 0 saturated carbocycles. The molecule has 22 heavy (non-hydrogen) atoms. The maximum atomic E-state index is 9.92. The molecule has 1 aromatic carbocycles. The van der Waals surface area contributed by atoms with Gasteiger partial charge in [0.25, 0.3) is 0 Å². The van der Waals surface area contributed by atoms with Crippen LogP contribution in [0.5, 0.6) is 0 Å². The second-order valence-corrected chi connectivity index (χ2v) is 6.30. The molecule has 0 amide bonds. The number of hydrogen-bond acceptors (Lipinski definition) is 6. The van der Waals surface area contributed by atoms with Gasteiger partial charge in [-0.25, -0.2) is 0 Å². The number of β-amino-alcohol motifs (C(OH)–C–C–N with tert-alkyl or cyclic N) is 1. The molecule has 0 aliphatic carbocycles. The molecule has 1 aliphatic rings. The van der Waals surface area contributed by atoms with Crippen LogP contribution >= 0.6 is 0 Å². The molecule has 0 bridgehead atoms. The molecular weight excluding hydrogens is 280 g/mol. The standard InChI is InChI=1S/C15H22N6O/c1-15(2,22)12-19-8-10-20(11-9-19)14-16-17-18-21(14)13-6-4-3-5-7-13/h3-7,22H,8-12H2,1-2H3. The van der Waals surface area contributed by atoms with E-state index in [-0.39, 0.29) is 0 Å². The Bertz CT molecular complexity index is 598. The quantitative estimate of drug-likeness (QED) is 0.890. The van der Waals surface area contributed by atoms with Crippen LogP contribution in [-0.4, -0.2) is 68.5 Å². The van der Waals surface area contributed by atoms with Crippen molar-refractivity contribution >= 4 is 5.95 Å². The number of para-hydroxylation sites is 1. The van der Waals surface area contributed by atoms with Gasteiger partial charge in [0.15, 0.2) is 0 Å². The Labute approximate surface area is 130 Å². The van der Waals surface area contributed by atoms with E-state index >= 15 is 0 Å². The van der Waals surface area contributed by atoms with Gasteiger partial charge in [-0.3, -0.25) is 4.90 Å². The molecular formula is C15H22N6O. The van der Waals surface area contributed by atoms with E-state index in [2.05, 4.69) is 25.3 Å². The van der Waals surface area contributed by atoms with Crippen molar-refractivity contribution in [3.63, 3.8) is 0 Å². The van der Waals surface area contributed by atoms with Crippen LogP contribution in [0.15, 0.2) is 30.3 Å². The molecule has 0 atom stereocenters. The predicted octanol–water partition coefficient (Wildman–Crippen LogP) is 0.555. The summed E-state index contributed by atoms with van der Waals surface area (Å²) in [5.41, 5.74) is 0.301. The van der Waals surface area contributed by atoms with Crippen LogP contribution in [0.3, 0.4) is 0 Å². The third-order valence-electron chi connectivity index (χ3n) is 3.72. The largest absolute Gasteiger partial charge is 0.389 e. The topological polar surface area (TPSA) is 70.3 Å². The summed E-state index contributed by atoms with van der Waals surface area (Å²) in [6.45, 7) is 7.86. The Morgan fingerprint density at radius 2 is 1.77 bits per heavy atom. The monoisotopic (exact) mass is 302 g/mol. The van der Waals surface area contributed by atoms with E-state index in [1.54, 1.807) is 4.68 Å². The second-order valence-electron chi connectivity index (χ2n) is 6.30. The number of aromatic nitrogens is 4. The van der Waals surface area contributed by atoms with Crippen molar-refractivity contribution in [3.05, 3.63) is 30.3 Å². The fraction of sp³-hybridized carbons (Fsp3) is 0.533. The highest BCUT2D eigenvalue weighted by molar-refractivity contribution is 5.40. The molecule has 118 valence electrons. The maximum absolute atomic E-state index is 9.92. The van der Waals surface area contributed by atoms with E-state index in [9.17, 15) is 5.11 Å². The molecule has 0 radical (unpaired) electrons. The molecule has 1 aromatic heterocycles. The van der Waals surface area contributed by atoms with Gasteiger partial charge in [-0.2, -0.15) is 4.68 Å². The summed E-state index contributed by atoms with van der Waals surface area (Å²) in [6, 6.07) is 9.90. The summed E-state index contributed by atoms with van der Waals surface area (Å²) < 4.78 is 1.77. The summed E-state index contributed by atoms with van der Waals surface area (Å²) in [6.07, 6.45) is 0. The number of nitrogens with zero attached hydrogens (tertiary/aromatic N) is 6. The first-order chi connectivity index (χ1) is 10.5. The van der Waals surface area contributed by atoms with Crippen LogP contribution in [0, 0.1) is 0 Å². The maximum Gasteiger partial charge on any atom is 0.250 e. The van der Waals surface area contributed by atoms with E-state index in [4.69, 9.17) is 0 Å². The minimum atomic E-state index is -0.659. The summed E-state index contributed by atoms with van der Waals surface area (Å²) in [4.78, 5) is 4.46. The first-order valence-electron chi connectivity index (χ1n) is 7.56. The Morgan fingerprint density at radius 3 is 2.41 bits per heavy atom. The first kappa shape index (κ1) is 14.9. The lowest BCUT2D eigenvalue weighted by Crippen LogP contribution is -2.51. The molecule has 1 N–H and O–H groups in total. The number of anilines is 1. The first-order valence-corrected chi connectivity index (χ1v) is 7.56. The van der Waals surface area contributed by atoms with Crippen molar-refractivity contribution in [3.8, 4) is 5.69 Å². The van der Waals surface area contributed by atoms with E-state index in [0.717, 1.165) is 37.8 Å². The van der Waals surface area contributed by atoms with Gasteiger partial charge in [-0.1, -0.05) is 23.3 Å². The van der Waals surface area contributed by atoms with Gasteiger partial charge in [-0.15, -0.1) is 0 Å². The molecule has 1 saturated heterocycles. The molecule has 2 heterocycles. The third-order valence-corrected chi connectivity index (χ3v) is 3.72. The predicted molar refractivity (Wildman–Crippen MR) is 84.1 cm³/mol. The lowest BCUT2D eigenvalue weighted by Gasteiger charge is -2.37. The zero-order valence-electron chi connectivity index (χ0n) is 13.1. The Balaban J connectivity index is 1.69. The van der Waals surface area contributed by atoms with E-state index in [0.29, 0.717) is 6.54 Å². The molecule has 7 heteroatoms. The number of piperazine rings is 1. The van der Waals surface area contributed by atoms with Crippen LogP contribution in [0.25, 0.3) is 5.69 Å². The number of tetrazole rings is 1. The van der Waals surface area contributed by atoms with E-state index in [1.807, 2.05) is 44.2 Å². The Morgan fingerprint density at radius 1 is 1.09 bits per heavy atom. The van der Waals surface area contributed by atoms with E-state index in [1.165, 1.54) is 0 Å². The summed E-state index contributed by atoms with van der Waals surface area (Å²) in [7, 11) is 0. The van der Waals surface area contributed by atoms with Gasteiger partial charge >= 0.3 is 0 Å². The normalized spacial score (nSPS) is 17.0. The smallest absolute Gasteiger partial charge is 0.250 e. The van der Waals surface area contributed by atoms with Crippen molar-refractivity contribution < 1.29 is 5.11 Å². The number of rotatable bonds is 4. The number of hydrogen-bond donors (Lipinski definition) is 1. The lowest BCUT2D eigenvalue weighted by atomic mass is 10.1. The van der Waals surface area contributed by atoms with Crippen molar-refractivity contribution in [2.24, 2.45) is 0 Å². The van der Waals surface area contributed by atoms with Crippen LogP contribution in [-0.2, 0) is 0 Å². The SMILES string of the molecule is CC(C)(O)CN1CCN(c2nnnn2-c2ccccc2)CC1. The van der Waals surface area contributed by atoms with Gasteiger partial charge in [-0.05, 0) is 36.4 Å². The van der Waals surface area contributed by atoms with Crippen molar-refractivity contribution in [2.75, 3.05) is 37.6 Å². The van der Waals surface area contributed by atoms with Crippen molar-refractivity contribution in [2.45, 2.75) is 19.4 Å². The average Bonchev–Trinajstić information content (AvgIpc) is 2.97. The summed E-state index contributed by atoms with van der Waals surface area (Å²) >= 11 is 0. The fourth-order valence-corrected chi connectivity index (χ4v) is 2.77. The van der Waals surface area contributed by atoms with Crippen LogP contribution in [0.2, 0.25) is 0 Å². The van der Waals surface area contributed by atoms with Gasteiger partial charge in [0.1, 0.15) is 0 Å². The zero-order valence-corrected chi connectivity index (χ0v) is 13.1. The fourth-order valence-electron chi connectivity index (χ4n) is 2.77. The van der Waals surface area contributed by atoms with Gasteiger partial charge < -0.3 is 10.0 Å². The molecule has 2 aromatic rings. The highest BCUT2D eigenvalue weighted by Gasteiger charge is 2.25. The summed E-state index contributed by atoms with van der Waals surface area (Å²) in [5, 5.41) is 22.0. The highest BCUT2D eigenvalue weighted by atomic mass is 16.3. The van der Waals surface area contributed by atoms with Crippen LogP contribution in [0.4, 0.5) is 5.95 Å². The number of aliphatic hydroxyl groups is 1. The van der Waals surface area contributed by atoms with Gasteiger partial charge in [0, 0.05) is 32.7 Å². The van der Waals surface area contributed by atoms with Crippen molar-refractivity contribution in [1.82, 2.24) is 25.1 Å². The molecule has 1 aliphatic heterocycles.